The third-order valence-electron chi connectivity index (χ3n) is 4.34. The Kier molecular flexibility index (Phi) is 9.41. The van der Waals surface area contributed by atoms with Gasteiger partial charge in [0.05, 0.1) is 17.7 Å². The fourth-order valence-electron chi connectivity index (χ4n) is 2.69. The highest BCUT2D eigenvalue weighted by Crippen LogP contribution is 2.37. The first-order valence-electron chi connectivity index (χ1n) is 9.97. The number of rotatable bonds is 10. The SMILES string of the molecule is CCOC(=O)C(C#N)=Cc1cc(Br)c(OCCOc2ccc(C)c(C)c2)c(OCC)c1. The summed E-state index contributed by atoms with van der Waals surface area (Å²) in [5.41, 5.74) is 2.90. The Bertz CT molecular complexity index is 994. The van der Waals surface area contributed by atoms with E-state index in [1.165, 1.54) is 17.2 Å². The number of benzene rings is 2. The van der Waals surface area contributed by atoms with Gasteiger partial charge in [-0.2, -0.15) is 5.26 Å². The first-order chi connectivity index (χ1) is 14.9. The molecule has 164 valence electrons. The monoisotopic (exact) mass is 487 g/mol. The molecule has 0 saturated heterocycles. The Balaban J connectivity index is 2.13. The number of esters is 1. The maximum Gasteiger partial charge on any atom is 0.348 e. The van der Waals surface area contributed by atoms with Gasteiger partial charge in [-0.25, -0.2) is 4.79 Å². The van der Waals surface area contributed by atoms with Crippen LogP contribution in [0.15, 0.2) is 40.4 Å². The molecular weight excluding hydrogens is 462 g/mol. The maximum atomic E-state index is 11.9. The smallest absolute Gasteiger partial charge is 0.348 e. The normalized spacial score (nSPS) is 10.9. The van der Waals surface area contributed by atoms with Crippen molar-refractivity contribution in [3.05, 3.63) is 57.1 Å². The van der Waals surface area contributed by atoms with Crippen LogP contribution in [0.25, 0.3) is 6.08 Å². The number of halogens is 1. The number of nitriles is 1. The van der Waals surface area contributed by atoms with Crippen LogP contribution < -0.4 is 14.2 Å². The minimum Gasteiger partial charge on any atom is -0.490 e. The first kappa shape index (κ1) is 24.3. The summed E-state index contributed by atoms with van der Waals surface area (Å²) in [6.07, 6.45) is 1.46. The van der Waals surface area contributed by atoms with Gasteiger partial charge in [-0.05, 0) is 90.7 Å². The quantitative estimate of drug-likeness (QED) is 0.193. The van der Waals surface area contributed by atoms with Crippen molar-refractivity contribution in [3.63, 3.8) is 0 Å². The number of hydrogen-bond acceptors (Lipinski definition) is 6. The van der Waals surface area contributed by atoms with Gasteiger partial charge in [0.1, 0.15) is 30.6 Å². The second-order valence-electron chi connectivity index (χ2n) is 6.60. The highest BCUT2D eigenvalue weighted by Gasteiger charge is 2.15. The van der Waals surface area contributed by atoms with Gasteiger partial charge in [-0.3, -0.25) is 0 Å². The second kappa shape index (κ2) is 12.0. The van der Waals surface area contributed by atoms with Crippen molar-refractivity contribution in [2.45, 2.75) is 27.7 Å². The lowest BCUT2D eigenvalue weighted by Crippen LogP contribution is -2.10. The van der Waals surface area contributed by atoms with Gasteiger partial charge in [0, 0.05) is 0 Å². The molecule has 0 fully saturated rings. The molecule has 0 radical (unpaired) electrons. The number of carbonyl (C=O) groups is 1. The highest BCUT2D eigenvalue weighted by molar-refractivity contribution is 9.10. The minimum atomic E-state index is -0.664. The minimum absolute atomic E-state index is 0.0911. The summed E-state index contributed by atoms with van der Waals surface area (Å²) >= 11 is 3.49. The van der Waals surface area contributed by atoms with E-state index in [1.54, 1.807) is 19.1 Å². The van der Waals surface area contributed by atoms with Crippen molar-refractivity contribution in [3.8, 4) is 23.3 Å². The van der Waals surface area contributed by atoms with Crippen molar-refractivity contribution in [2.24, 2.45) is 0 Å². The Morgan fingerprint density at radius 3 is 2.42 bits per heavy atom. The average molecular weight is 488 g/mol. The predicted molar refractivity (Wildman–Crippen MR) is 122 cm³/mol. The largest absolute Gasteiger partial charge is 0.490 e. The molecule has 7 heteroatoms. The molecule has 0 atom stereocenters. The zero-order valence-electron chi connectivity index (χ0n) is 18.2. The summed E-state index contributed by atoms with van der Waals surface area (Å²) in [4.78, 5) is 11.9. The number of hydrogen-bond donors (Lipinski definition) is 0. The van der Waals surface area contributed by atoms with Crippen LogP contribution in [0, 0.1) is 25.2 Å². The molecule has 0 heterocycles. The van der Waals surface area contributed by atoms with Crippen molar-refractivity contribution in [1.29, 1.82) is 5.26 Å². The molecule has 0 aliphatic carbocycles. The molecule has 31 heavy (non-hydrogen) atoms. The van der Waals surface area contributed by atoms with Gasteiger partial charge < -0.3 is 18.9 Å². The Hall–Kier alpha value is -2.98. The summed E-state index contributed by atoms with van der Waals surface area (Å²) in [5, 5.41) is 9.25. The molecule has 0 saturated carbocycles. The molecule has 0 aromatic heterocycles. The molecule has 0 N–H and O–H groups in total. The third kappa shape index (κ3) is 7.04. The van der Waals surface area contributed by atoms with E-state index < -0.39 is 5.97 Å². The van der Waals surface area contributed by atoms with E-state index in [-0.39, 0.29) is 12.2 Å². The lowest BCUT2D eigenvalue weighted by Gasteiger charge is -2.15. The molecule has 2 aromatic rings. The lowest BCUT2D eigenvalue weighted by atomic mass is 10.1. The molecule has 0 spiro atoms. The van der Waals surface area contributed by atoms with Crippen molar-refractivity contribution in [1.82, 2.24) is 0 Å². The van der Waals surface area contributed by atoms with E-state index in [2.05, 4.69) is 22.9 Å². The van der Waals surface area contributed by atoms with E-state index in [0.29, 0.717) is 41.4 Å². The Morgan fingerprint density at radius 1 is 1.03 bits per heavy atom. The Morgan fingerprint density at radius 2 is 1.77 bits per heavy atom. The van der Waals surface area contributed by atoms with Crippen LogP contribution in [-0.4, -0.2) is 32.4 Å². The van der Waals surface area contributed by atoms with Crippen LogP contribution in [-0.2, 0) is 9.53 Å². The molecular formula is C24H26BrNO5. The molecule has 0 unspecified atom stereocenters. The molecule has 0 aliphatic heterocycles. The molecule has 2 aromatic carbocycles. The number of ether oxygens (including phenoxy) is 4. The van der Waals surface area contributed by atoms with Crippen LogP contribution in [0.3, 0.4) is 0 Å². The molecule has 0 amide bonds. The van der Waals surface area contributed by atoms with Gasteiger partial charge in [-0.15, -0.1) is 0 Å². The fraction of sp³-hybridized carbons (Fsp3) is 0.333. The van der Waals surface area contributed by atoms with Gasteiger partial charge in [0.2, 0.25) is 0 Å². The first-order valence-corrected chi connectivity index (χ1v) is 10.8. The zero-order valence-corrected chi connectivity index (χ0v) is 19.7. The molecule has 6 nitrogen and oxygen atoms in total. The van der Waals surface area contributed by atoms with Gasteiger partial charge in [0.25, 0.3) is 0 Å². The highest BCUT2D eigenvalue weighted by atomic mass is 79.9. The summed E-state index contributed by atoms with van der Waals surface area (Å²) in [6, 6.07) is 11.3. The van der Waals surface area contributed by atoms with Gasteiger partial charge in [0.15, 0.2) is 11.5 Å². The topological polar surface area (TPSA) is 77.8 Å². The number of aryl methyl sites for hydroxylation is 2. The zero-order chi connectivity index (χ0) is 22.8. The van der Waals surface area contributed by atoms with Crippen LogP contribution in [0.1, 0.15) is 30.5 Å². The van der Waals surface area contributed by atoms with Crippen LogP contribution in [0.2, 0.25) is 0 Å². The van der Waals surface area contributed by atoms with E-state index in [9.17, 15) is 10.1 Å². The van der Waals surface area contributed by atoms with Crippen LogP contribution >= 0.6 is 15.9 Å². The molecule has 0 aliphatic rings. The summed E-state index contributed by atoms with van der Waals surface area (Å²) in [6.45, 7) is 8.95. The average Bonchev–Trinajstić information content (AvgIpc) is 2.73. The summed E-state index contributed by atoms with van der Waals surface area (Å²) < 4.78 is 22.9. The number of carbonyl (C=O) groups excluding carboxylic acids is 1. The van der Waals surface area contributed by atoms with Gasteiger partial charge in [-0.1, -0.05) is 6.07 Å². The predicted octanol–water partition coefficient (Wildman–Crippen LogP) is 5.39. The van der Waals surface area contributed by atoms with Crippen molar-refractivity contribution >= 4 is 28.0 Å². The van der Waals surface area contributed by atoms with Crippen LogP contribution in [0.5, 0.6) is 17.2 Å². The van der Waals surface area contributed by atoms with Gasteiger partial charge >= 0.3 is 5.97 Å². The summed E-state index contributed by atoms with van der Waals surface area (Å²) in [7, 11) is 0. The summed E-state index contributed by atoms with van der Waals surface area (Å²) in [5.74, 6) is 1.15. The van der Waals surface area contributed by atoms with Crippen molar-refractivity contribution in [2.75, 3.05) is 26.4 Å². The second-order valence-corrected chi connectivity index (χ2v) is 7.45. The Labute approximate surface area is 191 Å². The fourth-order valence-corrected chi connectivity index (χ4v) is 3.27. The standard InChI is InChI=1S/C24H26BrNO5/c1-5-28-22-14-18(12-19(15-26)24(27)29-6-2)13-21(25)23(22)31-10-9-30-20-8-7-16(3)17(4)11-20/h7-8,11-14H,5-6,9-10H2,1-4H3. The maximum absolute atomic E-state index is 11.9. The van der Waals surface area contributed by atoms with E-state index in [1.807, 2.05) is 38.1 Å². The van der Waals surface area contributed by atoms with Crippen molar-refractivity contribution < 1.29 is 23.7 Å². The lowest BCUT2D eigenvalue weighted by molar-refractivity contribution is -0.137. The van der Waals surface area contributed by atoms with E-state index in [4.69, 9.17) is 18.9 Å². The van der Waals surface area contributed by atoms with E-state index in [0.717, 1.165) is 5.75 Å². The van der Waals surface area contributed by atoms with Crippen LogP contribution in [0.4, 0.5) is 0 Å². The molecule has 2 rings (SSSR count). The molecule has 0 bridgehead atoms. The third-order valence-corrected chi connectivity index (χ3v) is 4.92. The van der Waals surface area contributed by atoms with E-state index >= 15 is 0 Å². The number of nitrogens with zero attached hydrogens (tertiary/aromatic N) is 1.